The summed E-state index contributed by atoms with van der Waals surface area (Å²) in [5, 5.41) is 3.26. The molecule has 4 heteroatoms. The van der Waals surface area contributed by atoms with Gasteiger partial charge in [-0.2, -0.15) is 5.10 Å². The van der Waals surface area contributed by atoms with Gasteiger partial charge in [-0.15, -0.1) is 0 Å². The summed E-state index contributed by atoms with van der Waals surface area (Å²) in [4.78, 5) is 3.62. The molecule has 0 unspecified atom stereocenters. The van der Waals surface area contributed by atoms with Gasteiger partial charge in [0.2, 0.25) is 0 Å². The van der Waals surface area contributed by atoms with E-state index in [0.29, 0.717) is 4.62 Å². The highest BCUT2D eigenvalue weighted by atomic mass is 79.9. The molecule has 7 heavy (non-hydrogen) atoms. The molecule has 0 aromatic heterocycles. The molecule has 0 amide bonds. The predicted molar refractivity (Wildman–Crippen MR) is 35.0 cm³/mol. The molecular weight excluding hydrogens is 158 g/mol. The number of nitrogens with zero attached hydrogens (tertiary/aromatic N) is 2. The Hall–Kier alpha value is -0.380. The summed E-state index contributed by atoms with van der Waals surface area (Å²) in [6, 6.07) is 0. The smallest absolute Gasteiger partial charge is 0.143 e. The molecule has 0 aromatic rings. The van der Waals surface area contributed by atoms with Crippen LogP contribution in [0.4, 0.5) is 0 Å². The van der Waals surface area contributed by atoms with Crippen LogP contribution in [-0.2, 0) is 0 Å². The first kappa shape index (κ1) is 6.62. The lowest BCUT2D eigenvalue weighted by atomic mass is 10.8. The van der Waals surface area contributed by atoms with Crippen LogP contribution in [0, 0.1) is 0 Å². The minimum atomic E-state index is 0.551. The molecule has 40 valence electrons. The molecule has 3 nitrogen and oxygen atoms in total. The standard InChI is InChI=1S/C3H6BrN3/c1-6-2-3(4)7-5/h2H,5H2,1H3. The Morgan fingerprint density at radius 3 is 2.57 bits per heavy atom. The van der Waals surface area contributed by atoms with E-state index in [9.17, 15) is 0 Å². The third-order valence-electron chi connectivity index (χ3n) is 0.359. The fraction of sp³-hybridized carbons (Fsp3) is 0.333. The van der Waals surface area contributed by atoms with Gasteiger partial charge in [-0.05, 0) is 15.9 Å². The van der Waals surface area contributed by atoms with Gasteiger partial charge in [-0.25, -0.2) is 0 Å². The summed E-state index contributed by atoms with van der Waals surface area (Å²) in [5.74, 6) is 4.81. The maximum Gasteiger partial charge on any atom is 0.143 e. The van der Waals surface area contributed by atoms with Crippen molar-refractivity contribution in [2.45, 2.75) is 0 Å². The Morgan fingerprint density at radius 1 is 1.86 bits per heavy atom. The maximum atomic E-state index is 4.81. The Labute approximate surface area is 50.4 Å². The van der Waals surface area contributed by atoms with Gasteiger partial charge in [0.05, 0.1) is 6.21 Å². The molecule has 0 rings (SSSR count). The first-order valence-electron chi connectivity index (χ1n) is 1.66. The van der Waals surface area contributed by atoms with E-state index in [-0.39, 0.29) is 0 Å². The van der Waals surface area contributed by atoms with Gasteiger partial charge >= 0.3 is 0 Å². The highest BCUT2D eigenvalue weighted by Gasteiger charge is 1.77. The van der Waals surface area contributed by atoms with Crippen LogP contribution in [0.25, 0.3) is 0 Å². The lowest BCUT2D eigenvalue weighted by Crippen LogP contribution is -1.91. The minimum Gasteiger partial charge on any atom is -0.322 e. The van der Waals surface area contributed by atoms with Crippen molar-refractivity contribution < 1.29 is 0 Å². The van der Waals surface area contributed by atoms with Crippen molar-refractivity contribution >= 4 is 26.8 Å². The van der Waals surface area contributed by atoms with Crippen LogP contribution in [0.15, 0.2) is 10.1 Å². The average Bonchev–Trinajstić information content (AvgIpc) is 1.68. The molecule has 0 saturated carbocycles. The average molecular weight is 164 g/mol. The van der Waals surface area contributed by atoms with E-state index in [1.54, 1.807) is 7.05 Å². The zero-order chi connectivity index (χ0) is 5.70. The molecule has 0 aliphatic carbocycles. The van der Waals surface area contributed by atoms with Gasteiger partial charge in [0.25, 0.3) is 0 Å². The highest BCUT2D eigenvalue weighted by Crippen LogP contribution is 1.80. The maximum absolute atomic E-state index is 4.81. The molecule has 2 N–H and O–H groups in total. The fourth-order valence-corrected chi connectivity index (χ4v) is 0.345. The minimum absolute atomic E-state index is 0.551. The Morgan fingerprint density at radius 2 is 2.43 bits per heavy atom. The molecular formula is C3H6BrN3. The topological polar surface area (TPSA) is 50.7 Å². The predicted octanol–water partition coefficient (Wildman–Crippen LogP) is 0.354. The van der Waals surface area contributed by atoms with Crippen molar-refractivity contribution in [3.05, 3.63) is 0 Å². The van der Waals surface area contributed by atoms with Crippen LogP contribution < -0.4 is 5.84 Å². The molecule has 0 fully saturated rings. The zero-order valence-corrected chi connectivity index (χ0v) is 5.51. The Balaban J connectivity index is 3.58. The summed E-state index contributed by atoms with van der Waals surface area (Å²) < 4.78 is 0.551. The summed E-state index contributed by atoms with van der Waals surface area (Å²) in [6.07, 6.45) is 1.51. The molecule has 0 saturated heterocycles. The van der Waals surface area contributed by atoms with E-state index in [1.807, 2.05) is 0 Å². The van der Waals surface area contributed by atoms with Crippen molar-refractivity contribution in [3.8, 4) is 0 Å². The van der Waals surface area contributed by atoms with Crippen LogP contribution in [0.1, 0.15) is 0 Å². The molecule has 0 aliphatic rings. The van der Waals surface area contributed by atoms with Gasteiger partial charge in [0.15, 0.2) is 0 Å². The van der Waals surface area contributed by atoms with E-state index in [4.69, 9.17) is 5.84 Å². The normalized spacial score (nSPS) is 13.1. The Bertz CT molecular complexity index is 96.4. The van der Waals surface area contributed by atoms with Crippen LogP contribution in [-0.4, -0.2) is 17.9 Å². The third kappa shape index (κ3) is 3.45. The van der Waals surface area contributed by atoms with E-state index in [2.05, 4.69) is 26.0 Å². The lowest BCUT2D eigenvalue weighted by Gasteiger charge is -1.77. The molecule has 0 radical (unpaired) electrons. The van der Waals surface area contributed by atoms with Crippen molar-refractivity contribution in [2.75, 3.05) is 7.05 Å². The number of hydrogen-bond acceptors (Lipinski definition) is 3. The molecule has 0 heterocycles. The van der Waals surface area contributed by atoms with Crippen LogP contribution in [0.5, 0.6) is 0 Å². The number of aliphatic imine (C=N–C) groups is 1. The second kappa shape index (κ2) is 3.80. The zero-order valence-electron chi connectivity index (χ0n) is 3.93. The first-order chi connectivity index (χ1) is 3.31. The first-order valence-corrected chi connectivity index (χ1v) is 2.46. The fourth-order valence-electron chi connectivity index (χ4n) is 0.140. The van der Waals surface area contributed by atoms with E-state index in [0.717, 1.165) is 0 Å². The molecule has 0 aliphatic heterocycles. The lowest BCUT2D eigenvalue weighted by molar-refractivity contribution is 1.27. The van der Waals surface area contributed by atoms with Gasteiger partial charge in [-0.3, -0.25) is 4.99 Å². The number of rotatable bonds is 1. The molecule has 0 aromatic carbocycles. The second-order valence-corrected chi connectivity index (χ2v) is 1.65. The summed E-state index contributed by atoms with van der Waals surface area (Å²) >= 11 is 3.01. The van der Waals surface area contributed by atoms with Crippen molar-refractivity contribution in [1.82, 2.24) is 0 Å². The van der Waals surface area contributed by atoms with Crippen molar-refractivity contribution in [1.29, 1.82) is 0 Å². The van der Waals surface area contributed by atoms with Crippen molar-refractivity contribution in [2.24, 2.45) is 15.9 Å². The number of halogens is 1. The number of hydrogen-bond donors (Lipinski definition) is 1. The SMILES string of the molecule is CN=CC(Br)=NN. The van der Waals surface area contributed by atoms with Crippen LogP contribution >= 0.6 is 15.9 Å². The summed E-state index contributed by atoms with van der Waals surface area (Å²) in [5.41, 5.74) is 0. The summed E-state index contributed by atoms with van der Waals surface area (Å²) in [6.45, 7) is 0. The van der Waals surface area contributed by atoms with Gasteiger partial charge in [0.1, 0.15) is 4.62 Å². The van der Waals surface area contributed by atoms with Crippen LogP contribution in [0.2, 0.25) is 0 Å². The molecule has 0 atom stereocenters. The Kier molecular flexibility index (Phi) is 3.59. The van der Waals surface area contributed by atoms with Gasteiger partial charge in [0, 0.05) is 7.05 Å². The van der Waals surface area contributed by atoms with Crippen LogP contribution in [0.3, 0.4) is 0 Å². The number of hydrazone groups is 1. The third-order valence-corrected chi connectivity index (χ3v) is 0.768. The molecule has 0 spiro atoms. The van der Waals surface area contributed by atoms with Gasteiger partial charge in [-0.1, -0.05) is 0 Å². The van der Waals surface area contributed by atoms with E-state index in [1.165, 1.54) is 6.21 Å². The molecule has 0 bridgehead atoms. The van der Waals surface area contributed by atoms with Crippen molar-refractivity contribution in [3.63, 3.8) is 0 Å². The number of nitrogens with two attached hydrogens (primary N) is 1. The highest BCUT2D eigenvalue weighted by molar-refractivity contribution is 9.19. The quantitative estimate of drug-likeness (QED) is 0.339. The van der Waals surface area contributed by atoms with E-state index >= 15 is 0 Å². The monoisotopic (exact) mass is 163 g/mol. The largest absolute Gasteiger partial charge is 0.322 e. The van der Waals surface area contributed by atoms with E-state index < -0.39 is 0 Å². The van der Waals surface area contributed by atoms with Gasteiger partial charge < -0.3 is 5.84 Å². The second-order valence-electron chi connectivity index (χ2n) is 0.839. The summed E-state index contributed by atoms with van der Waals surface area (Å²) in [7, 11) is 1.65.